The van der Waals surface area contributed by atoms with Crippen molar-refractivity contribution in [1.29, 1.82) is 0 Å². The first-order chi connectivity index (χ1) is 9.58. The zero-order chi connectivity index (χ0) is 14.7. The van der Waals surface area contributed by atoms with Gasteiger partial charge in [-0.2, -0.15) is 4.99 Å². The van der Waals surface area contributed by atoms with Crippen LogP contribution < -0.4 is 4.80 Å². The van der Waals surface area contributed by atoms with Crippen LogP contribution in [0.5, 0.6) is 0 Å². The van der Waals surface area contributed by atoms with Gasteiger partial charge in [0.2, 0.25) is 5.91 Å². The molecule has 1 aromatic heterocycles. The minimum atomic E-state index is -0.478. The Kier molecular flexibility index (Phi) is 4.34. The minimum absolute atomic E-state index is 0.287. The van der Waals surface area contributed by atoms with Crippen molar-refractivity contribution in [3.63, 3.8) is 0 Å². The molecule has 6 heteroatoms. The predicted molar refractivity (Wildman–Crippen MR) is 77.4 cm³/mol. The maximum atomic E-state index is 12.0. The number of benzene rings is 1. The molecule has 0 saturated carbocycles. The molecule has 0 aliphatic carbocycles. The third kappa shape index (κ3) is 2.65. The SMILES string of the molecule is CCC(C(=O)OC)n1/c(=N\C(C)=O)sc2ccccc21. The number of carbonyl (C=O) groups is 2. The molecule has 1 atom stereocenters. The summed E-state index contributed by atoms with van der Waals surface area (Å²) in [5, 5.41) is 0. The third-order valence-electron chi connectivity index (χ3n) is 2.96. The van der Waals surface area contributed by atoms with Crippen LogP contribution in [-0.4, -0.2) is 23.6 Å². The molecular formula is C14H16N2O3S. The third-order valence-corrected chi connectivity index (χ3v) is 3.99. The zero-order valence-electron chi connectivity index (χ0n) is 11.6. The number of hydrogen-bond acceptors (Lipinski definition) is 4. The maximum absolute atomic E-state index is 12.0. The first kappa shape index (κ1) is 14.5. The Hall–Kier alpha value is -1.95. The van der Waals surface area contributed by atoms with Gasteiger partial charge in [-0.1, -0.05) is 30.4 Å². The Morgan fingerprint density at radius 2 is 2.10 bits per heavy atom. The van der Waals surface area contributed by atoms with Crippen LogP contribution >= 0.6 is 11.3 Å². The Balaban J connectivity index is 2.77. The molecule has 1 heterocycles. The molecule has 0 aliphatic rings. The van der Waals surface area contributed by atoms with Gasteiger partial charge in [0.1, 0.15) is 6.04 Å². The summed E-state index contributed by atoms with van der Waals surface area (Å²) in [5.74, 6) is -0.619. The first-order valence-corrected chi connectivity index (χ1v) is 7.13. The number of amides is 1. The summed E-state index contributed by atoms with van der Waals surface area (Å²) < 4.78 is 7.62. The Morgan fingerprint density at radius 3 is 2.70 bits per heavy atom. The van der Waals surface area contributed by atoms with E-state index in [4.69, 9.17) is 4.74 Å². The Morgan fingerprint density at radius 1 is 1.40 bits per heavy atom. The normalized spacial score (nSPS) is 13.4. The number of thiazole rings is 1. The second-order valence-electron chi connectivity index (χ2n) is 4.30. The number of aromatic nitrogens is 1. The van der Waals surface area contributed by atoms with Crippen molar-refractivity contribution in [2.75, 3.05) is 7.11 Å². The van der Waals surface area contributed by atoms with Crippen molar-refractivity contribution in [1.82, 2.24) is 4.57 Å². The number of esters is 1. The van der Waals surface area contributed by atoms with E-state index in [-0.39, 0.29) is 11.9 Å². The van der Waals surface area contributed by atoms with Crippen LogP contribution in [0.3, 0.4) is 0 Å². The van der Waals surface area contributed by atoms with Crippen molar-refractivity contribution < 1.29 is 14.3 Å². The molecule has 0 N–H and O–H groups in total. The number of hydrogen-bond donors (Lipinski definition) is 0. The van der Waals surface area contributed by atoms with E-state index in [9.17, 15) is 9.59 Å². The summed E-state index contributed by atoms with van der Waals surface area (Å²) in [6, 6.07) is 7.19. The van der Waals surface area contributed by atoms with E-state index in [1.165, 1.54) is 25.4 Å². The average molecular weight is 292 g/mol. The summed E-state index contributed by atoms with van der Waals surface area (Å²) in [5.41, 5.74) is 0.884. The van der Waals surface area contributed by atoms with Gasteiger partial charge in [-0.3, -0.25) is 4.79 Å². The first-order valence-electron chi connectivity index (χ1n) is 6.31. The molecule has 0 aliphatic heterocycles. The second-order valence-corrected chi connectivity index (χ2v) is 5.31. The van der Waals surface area contributed by atoms with Crippen LogP contribution in [0.4, 0.5) is 0 Å². The average Bonchev–Trinajstić information content (AvgIpc) is 2.77. The Labute approximate surface area is 120 Å². The molecule has 0 radical (unpaired) electrons. The molecule has 5 nitrogen and oxygen atoms in total. The molecule has 2 rings (SSSR count). The van der Waals surface area contributed by atoms with Gasteiger partial charge < -0.3 is 9.30 Å². The van der Waals surface area contributed by atoms with Gasteiger partial charge in [0.05, 0.1) is 17.3 Å². The topological polar surface area (TPSA) is 60.7 Å². The smallest absolute Gasteiger partial charge is 0.328 e. The van der Waals surface area contributed by atoms with Crippen molar-refractivity contribution in [3.05, 3.63) is 29.1 Å². The van der Waals surface area contributed by atoms with Crippen LogP contribution in [-0.2, 0) is 14.3 Å². The van der Waals surface area contributed by atoms with E-state index in [1.807, 2.05) is 31.2 Å². The highest BCUT2D eigenvalue weighted by Crippen LogP contribution is 2.23. The van der Waals surface area contributed by atoms with Crippen molar-refractivity contribution in [2.24, 2.45) is 4.99 Å². The number of para-hydroxylation sites is 1. The molecular weight excluding hydrogens is 276 g/mol. The van der Waals surface area contributed by atoms with Gasteiger partial charge in [-0.15, -0.1) is 0 Å². The van der Waals surface area contributed by atoms with Gasteiger partial charge in [-0.05, 0) is 18.6 Å². The summed E-state index contributed by atoms with van der Waals surface area (Å²) in [6.07, 6.45) is 0.568. The molecule has 0 fully saturated rings. The van der Waals surface area contributed by atoms with Gasteiger partial charge in [-0.25, -0.2) is 4.79 Å². The molecule has 1 aromatic carbocycles. The van der Waals surface area contributed by atoms with E-state index in [0.717, 1.165) is 10.2 Å². The fourth-order valence-corrected chi connectivity index (χ4v) is 3.21. The van der Waals surface area contributed by atoms with Gasteiger partial charge in [0, 0.05) is 6.92 Å². The van der Waals surface area contributed by atoms with Gasteiger partial charge in [0.15, 0.2) is 4.80 Å². The molecule has 1 amide bonds. The highest BCUT2D eigenvalue weighted by molar-refractivity contribution is 7.16. The summed E-state index contributed by atoms with van der Waals surface area (Å²) in [7, 11) is 1.36. The van der Waals surface area contributed by atoms with Crippen LogP contribution in [0.25, 0.3) is 10.2 Å². The number of methoxy groups -OCH3 is 1. The van der Waals surface area contributed by atoms with Crippen molar-refractivity contribution in [3.8, 4) is 0 Å². The monoisotopic (exact) mass is 292 g/mol. The lowest BCUT2D eigenvalue weighted by molar-refractivity contribution is -0.144. The lowest BCUT2D eigenvalue weighted by Crippen LogP contribution is -2.28. The summed E-state index contributed by atoms with van der Waals surface area (Å²) in [6.45, 7) is 3.30. The van der Waals surface area contributed by atoms with Crippen LogP contribution in [0, 0.1) is 0 Å². The van der Waals surface area contributed by atoms with E-state index in [0.29, 0.717) is 11.2 Å². The molecule has 0 spiro atoms. The van der Waals surface area contributed by atoms with Gasteiger partial charge >= 0.3 is 5.97 Å². The fourth-order valence-electron chi connectivity index (χ4n) is 2.10. The number of fused-ring (bicyclic) bond motifs is 1. The minimum Gasteiger partial charge on any atom is -0.467 e. The van der Waals surface area contributed by atoms with E-state index in [2.05, 4.69) is 4.99 Å². The van der Waals surface area contributed by atoms with Crippen LogP contribution in [0.2, 0.25) is 0 Å². The number of rotatable bonds is 3. The highest BCUT2D eigenvalue weighted by atomic mass is 32.1. The van der Waals surface area contributed by atoms with E-state index in [1.54, 1.807) is 4.57 Å². The standard InChI is InChI=1S/C14H16N2O3S/c1-4-10(13(18)19-3)16-11-7-5-6-8-12(11)20-14(16)15-9(2)17/h5-8,10H,4H2,1-3H3/b15-14+. The van der Waals surface area contributed by atoms with Crippen molar-refractivity contribution in [2.45, 2.75) is 26.3 Å². The highest BCUT2D eigenvalue weighted by Gasteiger charge is 2.22. The predicted octanol–water partition coefficient (Wildman–Crippen LogP) is 2.27. The molecule has 20 heavy (non-hydrogen) atoms. The number of carbonyl (C=O) groups excluding carboxylic acids is 2. The number of nitrogens with zero attached hydrogens (tertiary/aromatic N) is 2. The fraction of sp³-hybridized carbons (Fsp3) is 0.357. The molecule has 2 aromatic rings. The summed E-state index contributed by atoms with van der Waals surface area (Å²) >= 11 is 1.39. The van der Waals surface area contributed by atoms with E-state index >= 15 is 0 Å². The number of ether oxygens (including phenoxy) is 1. The Bertz CT molecular complexity index is 715. The quantitative estimate of drug-likeness (QED) is 0.815. The molecule has 106 valence electrons. The van der Waals surface area contributed by atoms with E-state index < -0.39 is 6.04 Å². The molecule has 0 bridgehead atoms. The largest absolute Gasteiger partial charge is 0.467 e. The lowest BCUT2D eigenvalue weighted by atomic mass is 10.2. The summed E-state index contributed by atoms with van der Waals surface area (Å²) in [4.78, 5) is 27.8. The van der Waals surface area contributed by atoms with Crippen molar-refractivity contribution >= 4 is 33.4 Å². The van der Waals surface area contributed by atoms with Gasteiger partial charge in [0.25, 0.3) is 0 Å². The molecule has 0 saturated heterocycles. The second kappa shape index (κ2) is 6.00. The van der Waals surface area contributed by atoms with Crippen LogP contribution in [0.1, 0.15) is 26.3 Å². The maximum Gasteiger partial charge on any atom is 0.328 e. The molecule has 1 unspecified atom stereocenters. The zero-order valence-corrected chi connectivity index (χ0v) is 12.4. The lowest BCUT2D eigenvalue weighted by Gasteiger charge is -2.15. The van der Waals surface area contributed by atoms with Crippen LogP contribution in [0.15, 0.2) is 29.3 Å².